The lowest BCUT2D eigenvalue weighted by molar-refractivity contribution is 0.216. The van der Waals surface area contributed by atoms with Crippen molar-refractivity contribution in [3.05, 3.63) is 36.1 Å². The van der Waals surface area contributed by atoms with E-state index < -0.39 is 0 Å². The van der Waals surface area contributed by atoms with Crippen LogP contribution in [-0.2, 0) is 6.54 Å². The van der Waals surface area contributed by atoms with Crippen LogP contribution in [0.5, 0.6) is 0 Å². The van der Waals surface area contributed by atoms with Gasteiger partial charge in [0.15, 0.2) is 0 Å². The van der Waals surface area contributed by atoms with Crippen molar-refractivity contribution in [1.29, 1.82) is 0 Å². The Morgan fingerprint density at radius 2 is 2.24 bits per heavy atom. The van der Waals surface area contributed by atoms with E-state index in [-0.39, 0.29) is 0 Å². The molecular formula is C14H17NO2. The van der Waals surface area contributed by atoms with Crippen molar-refractivity contribution < 1.29 is 9.52 Å². The highest BCUT2D eigenvalue weighted by Gasteiger charge is 2.22. The molecular weight excluding hydrogens is 214 g/mol. The number of hydrogen-bond donors (Lipinski definition) is 1. The zero-order valence-corrected chi connectivity index (χ0v) is 9.80. The van der Waals surface area contributed by atoms with Gasteiger partial charge in [0.1, 0.15) is 11.3 Å². The predicted molar refractivity (Wildman–Crippen MR) is 66.7 cm³/mol. The van der Waals surface area contributed by atoms with Crippen LogP contribution in [0.1, 0.15) is 12.2 Å². The third-order valence-corrected chi connectivity index (χ3v) is 3.48. The molecule has 1 aromatic heterocycles. The number of likely N-dealkylation sites (tertiary alicyclic amines) is 1. The van der Waals surface area contributed by atoms with Gasteiger partial charge in [-0.15, -0.1) is 0 Å². The normalized spacial score (nSPS) is 21.4. The van der Waals surface area contributed by atoms with Crippen molar-refractivity contribution in [2.24, 2.45) is 5.92 Å². The third kappa shape index (κ3) is 2.21. The fourth-order valence-electron chi connectivity index (χ4n) is 2.54. The van der Waals surface area contributed by atoms with E-state index >= 15 is 0 Å². The Labute approximate surface area is 101 Å². The number of furan rings is 1. The van der Waals surface area contributed by atoms with Crippen molar-refractivity contribution in [3.63, 3.8) is 0 Å². The number of benzene rings is 1. The molecule has 1 unspecified atom stereocenters. The van der Waals surface area contributed by atoms with Crippen molar-refractivity contribution in [1.82, 2.24) is 4.90 Å². The van der Waals surface area contributed by atoms with Crippen LogP contribution in [0.4, 0.5) is 0 Å². The summed E-state index contributed by atoms with van der Waals surface area (Å²) in [5.41, 5.74) is 0.959. The van der Waals surface area contributed by atoms with Gasteiger partial charge in [-0.2, -0.15) is 0 Å². The molecule has 1 saturated heterocycles. The lowest BCUT2D eigenvalue weighted by Gasteiger charge is -2.13. The Morgan fingerprint density at radius 3 is 3.00 bits per heavy atom. The van der Waals surface area contributed by atoms with Gasteiger partial charge < -0.3 is 9.52 Å². The molecule has 1 N–H and O–H groups in total. The van der Waals surface area contributed by atoms with E-state index in [1.807, 2.05) is 18.2 Å². The van der Waals surface area contributed by atoms with Gasteiger partial charge >= 0.3 is 0 Å². The van der Waals surface area contributed by atoms with Crippen LogP contribution in [0, 0.1) is 5.92 Å². The molecule has 0 bridgehead atoms. The lowest BCUT2D eigenvalue weighted by Crippen LogP contribution is -2.20. The van der Waals surface area contributed by atoms with Gasteiger partial charge in [0, 0.05) is 18.5 Å². The minimum Gasteiger partial charge on any atom is -0.460 e. The molecule has 0 amide bonds. The maximum atomic E-state index is 9.11. The molecule has 1 fully saturated rings. The number of aliphatic hydroxyl groups is 1. The predicted octanol–water partition coefficient (Wildman–Crippen LogP) is 2.25. The van der Waals surface area contributed by atoms with Gasteiger partial charge in [-0.25, -0.2) is 0 Å². The summed E-state index contributed by atoms with van der Waals surface area (Å²) in [6, 6.07) is 10.2. The van der Waals surface area contributed by atoms with Crippen molar-refractivity contribution in [3.8, 4) is 0 Å². The highest BCUT2D eigenvalue weighted by atomic mass is 16.3. The molecule has 0 saturated carbocycles. The van der Waals surface area contributed by atoms with Crippen molar-refractivity contribution >= 4 is 11.0 Å². The topological polar surface area (TPSA) is 36.6 Å². The fourth-order valence-corrected chi connectivity index (χ4v) is 2.54. The largest absolute Gasteiger partial charge is 0.460 e. The van der Waals surface area contributed by atoms with Gasteiger partial charge in [-0.3, -0.25) is 4.90 Å². The lowest BCUT2D eigenvalue weighted by atomic mass is 10.1. The second kappa shape index (κ2) is 4.51. The Balaban J connectivity index is 1.73. The SMILES string of the molecule is OCC1CCN(Cc2cc3ccccc3o2)C1. The van der Waals surface area contributed by atoms with E-state index in [0.717, 1.165) is 37.4 Å². The smallest absolute Gasteiger partial charge is 0.134 e. The molecule has 2 heterocycles. The number of para-hydroxylation sites is 1. The van der Waals surface area contributed by atoms with E-state index in [1.54, 1.807) is 0 Å². The molecule has 17 heavy (non-hydrogen) atoms. The van der Waals surface area contributed by atoms with E-state index in [2.05, 4.69) is 17.0 Å². The summed E-state index contributed by atoms with van der Waals surface area (Å²) < 4.78 is 5.79. The molecule has 1 aliphatic rings. The van der Waals surface area contributed by atoms with Crippen LogP contribution in [0.25, 0.3) is 11.0 Å². The molecule has 1 aromatic carbocycles. The Bertz CT molecular complexity index is 473. The van der Waals surface area contributed by atoms with E-state index in [1.165, 1.54) is 5.39 Å². The van der Waals surface area contributed by atoms with E-state index in [0.29, 0.717) is 12.5 Å². The minimum absolute atomic E-state index is 0.302. The Hall–Kier alpha value is -1.32. The van der Waals surface area contributed by atoms with Crippen LogP contribution < -0.4 is 0 Å². The molecule has 90 valence electrons. The average molecular weight is 231 g/mol. The number of fused-ring (bicyclic) bond motifs is 1. The number of aliphatic hydroxyl groups excluding tert-OH is 1. The molecule has 2 aromatic rings. The van der Waals surface area contributed by atoms with E-state index in [9.17, 15) is 0 Å². The van der Waals surface area contributed by atoms with Gasteiger partial charge in [-0.1, -0.05) is 18.2 Å². The quantitative estimate of drug-likeness (QED) is 0.880. The zero-order chi connectivity index (χ0) is 11.7. The van der Waals surface area contributed by atoms with Gasteiger partial charge in [0.05, 0.1) is 6.54 Å². The molecule has 0 aliphatic carbocycles. The van der Waals surface area contributed by atoms with Gasteiger partial charge in [0.2, 0.25) is 0 Å². The molecule has 3 rings (SSSR count). The monoisotopic (exact) mass is 231 g/mol. The summed E-state index contributed by atoms with van der Waals surface area (Å²) in [5, 5.41) is 10.3. The second-order valence-corrected chi connectivity index (χ2v) is 4.82. The molecule has 0 radical (unpaired) electrons. The van der Waals surface area contributed by atoms with Crippen molar-refractivity contribution in [2.45, 2.75) is 13.0 Å². The second-order valence-electron chi connectivity index (χ2n) is 4.82. The Kier molecular flexibility index (Phi) is 2.87. The summed E-state index contributed by atoms with van der Waals surface area (Å²) >= 11 is 0. The summed E-state index contributed by atoms with van der Waals surface area (Å²) in [7, 11) is 0. The molecule has 3 heteroatoms. The summed E-state index contributed by atoms with van der Waals surface area (Å²) in [5.74, 6) is 1.46. The molecule has 0 spiro atoms. The van der Waals surface area contributed by atoms with Gasteiger partial charge in [-0.05, 0) is 31.0 Å². The maximum absolute atomic E-state index is 9.11. The standard InChI is InChI=1S/C14H17NO2/c16-10-11-5-6-15(8-11)9-13-7-12-3-1-2-4-14(12)17-13/h1-4,7,11,16H,5-6,8-10H2. The maximum Gasteiger partial charge on any atom is 0.134 e. The number of nitrogens with zero attached hydrogens (tertiary/aromatic N) is 1. The van der Waals surface area contributed by atoms with Crippen molar-refractivity contribution in [2.75, 3.05) is 19.7 Å². The average Bonchev–Trinajstić information content (AvgIpc) is 2.94. The molecule has 1 atom stereocenters. The number of hydrogen-bond acceptors (Lipinski definition) is 3. The minimum atomic E-state index is 0.302. The first-order chi connectivity index (χ1) is 8.35. The van der Waals surface area contributed by atoms with Crippen LogP contribution in [0.15, 0.2) is 34.7 Å². The fraction of sp³-hybridized carbons (Fsp3) is 0.429. The van der Waals surface area contributed by atoms with Crippen LogP contribution in [0.3, 0.4) is 0 Å². The summed E-state index contributed by atoms with van der Waals surface area (Å²) in [4.78, 5) is 2.35. The Morgan fingerprint density at radius 1 is 1.35 bits per heavy atom. The molecule has 3 nitrogen and oxygen atoms in total. The van der Waals surface area contributed by atoms with Crippen LogP contribution in [-0.4, -0.2) is 29.7 Å². The number of rotatable bonds is 3. The highest BCUT2D eigenvalue weighted by Crippen LogP contribution is 2.23. The van der Waals surface area contributed by atoms with Crippen LogP contribution >= 0.6 is 0 Å². The highest BCUT2D eigenvalue weighted by molar-refractivity contribution is 5.77. The van der Waals surface area contributed by atoms with Gasteiger partial charge in [0.25, 0.3) is 0 Å². The third-order valence-electron chi connectivity index (χ3n) is 3.48. The first-order valence-corrected chi connectivity index (χ1v) is 6.16. The molecule has 1 aliphatic heterocycles. The zero-order valence-electron chi connectivity index (χ0n) is 9.80. The van der Waals surface area contributed by atoms with E-state index in [4.69, 9.17) is 9.52 Å². The first kappa shape index (κ1) is 10.8. The first-order valence-electron chi connectivity index (χ1n) is 6.16. The van der Waals surface area contributed by atoms with Crippen LogP contribution in [0.2, 0.25) is 0 Å². The summed E-state index contributed by atoms with van der Waals surface area (Å²) in [6.45, 7) is 3.19. The summed E-state index contributed by atoms with van der Waals surface area (Å²) in [6.07, 6.45) is 1.09.